The van der Waals surface area contributed by atoms with Crippen molar-refractivity contribution in [2.75, 3.05) is 0 Å². The number of rotatable bonds is 4. The summed E-state index contributed by atoms with van der Waals surface area (Å²) in [4.78, 5) is 0. The molecule has 0 aliphatic heterocycles. The minimum absolute atomic E-state index is 1.00. The van der Waals surface area contributed by atoms with Gasteiger partial charge in [-0.25, -0.2) is 0 Å². The summed E-state index contributed by atoms with van der Waals surface area (Å²) < 4.78 is 0. The zero-order valence-corrected chi connectivity index (χ0v) is 7.88. The Morgan fingerprint density at radius 2 is 1.58 bits per heavy atom. The van der Waals surface area contributed by atoms with Gasteiger partial charge in [-0.3, -0.25) is 0 Å². The lowest BCUT2D eigenvalue weighted by molar-refractivity contribution is 1.56. The predicted molar refractivity (Wildman–Crippen MR) is 57.0 cm³/mol. The normalized spacial score (nSPS) is 11.8. The molecule has 0 aliphatic rings. The van der Waals surface area contributed by atoms with Crippen molar-refractivity contribution in [2.45, 2.75) is 13.8 Å². The fourth-order valence-corrected chi connectivity index (χ4v) is 0.669. The highest BCUT2D eigenvalue weighted by molar-refractivity contribution is 5.30. The summed E-state index contributed by atoms with van der Waals surface area (Å²) in [6.07, 6.45) is 11.8. The van der Waals surface area contributed by atoms with Crippen LogP contribution in [0.5, 0.6) is 0 Å². The van der Waals surface area contributed by atoms with Crippen LogP contribution < -0.4 is 0 Å². The first-order chi connectivity index (χ1) is 5.66. The quantitative estimate of drug-likeness (QED) is 0.549. The van der Waals surface area contributed by atoms with E-state index in [9.17, 15) is 0 Å². The first kappa shape index (κ1) is 10.7. The maximum Gasteiger partial charge on any atom is -0.0332 e. The molecule has 0 spiro atoms. The van der Waals surface area contributed by atoms with Crippen LogP contribution in [0.25, 0.3) is 0 Å². The van der Waals surface area contributed by atoms with E-state index in [-0.39, 0.29) is 0 Å². The molecule has 0 fully saturated rings. The summed E-state index contributed by atoms with van der Waals surface area (Å²) in [6, 6.07) is 0. The molecule has 0 saturated heterocycles. The summed E-state index contributed by atoms with van der Waals surface area (Å²) in [7, 11) is 0. The van der Waals surface area contributed by atoms with E-state index < -0.39 is 0 Å². The molecule has 0 N–H and O–H groups in total. The molecule has 12 heavy (non-hydrogen) atoms. The van der Waals surface area contributed by atoms with Crippen molar-refractivity contribution >= 4 is 0 Å². The molecule has 64 valence electrons. The first-order valence-corrected chi connectivity index (χ1v) is 3.98. The van der Waals surface area contributed by atoms with Crippen LogP contribution in [0.2, 0.25) is 0 Å². The largest absolute Gasteiger partial charge is 0.0961 e. The van der Waals surface area contributed by atoms with Crippen LogP contribution >= 0.6 is 0 Å². The average molecular weight is 160 g/mol. The Hall–Kier alpha value is -1.30. The Labute approximate surface area is 75.3 Å². The van der Waals surface area contributed by atoms with Gasteiger partial charge >= 0.3 is 0 Å². The zero-order valence-electron chi connectivity index (χ0n) is 7.88. The minimum atomic E-state index is 1.00. The van der Waals surface area contributed by atoms with Crippen LogP contribution in [-0.2, 0) is 0 Å². The van der Waals surface area contributed by atoms with Gasteiger partial charge in [-0.1, -0.05) is 55.2 Å². The molecule has 0 unspecified atom stereocenters. The number of hydrogen-bond donors (Lipinski definition) is 0. The highest BCUT2D eigenvalue weighted by atomic mass is 13.8. The molecular weight excluding hydrogens is 144 g/mol. The molecule has 0 aromatic carbocycles. The fraction of sp³-hybridized carbons (Fsp3) is 0.167. The van der Waals surface area contributed by atoms with Gasteiger partial charge in [0.1, 0.15) is 0 Å². The van der Waals surface area contributed by atoms with Crippen molar-refractivity contribution in [1.29, 1.82) is 0 Å². The predicted octanol–water partition coefficient (Wildman–Crippen LogP) is 3.81. The maximum absolute atomic E-state index is 3.83. The standard InChI is InChI=1S/C12H16/c1-5-8-12(4)10-7-6-9-11(2)3/h5-10H,2,4H2,1,3H3/b8-5-,9-6-,10-7-. The third-order valence-corrected chi connectivity index (χ3v) is 1.18. The maximum atomic E-state index is 3.83. The highest BCUT2D eigenvalue weighted by Crippen LogP contribution is 1.96. The van der Waals surface area contributed by atoms with E-state index in [1.54, 1.807) is 0 Å². The molecule has 0 aromatic heterocycles. The van der Waals surface area contributed by atoms with Crippen LogP contribution in [0.3, 0.4) is 0 Å². The van der Waals surface area contributed by atoms with Gasteiger partial charge in [-0.15, -0.1) is 0 Å². The Bertz CT molecular complexity index is 237. The monoisotopic (exact) mass is 160 g/mol. The molecular formula is C12H16. The molecule has 0 saturated carbocycles. The molecule has 0 nitrogen and oxygen atoms in total. The van der Waals surface area contributed by atoms with E-state index >= 15 is 0 Å². The number of hydrogen-bond acceptors (Lipinski definition) is 0. The lowest BCUT2D eigenvalue weighted by Gasteiger charge is -1.85. The fourth-order valence-electron chi connectivity index (χ4n) is 0.669. The summed E-state index contributed by atoms with van der Waals surface area (Å²) in [5.74, 6) is 0. The van der Waals surface area contributed by atoms with Crippen LogP contribution in [-0.4, -0.2) is 0 Å². The van der Waals surface area contributed by atoms with E-state index in [1.807, 2.05) is 50.3 Å². The van der Waals surface area contributed by atoms with E-state index in [0.29, 0.717) is 0 Å². The van der Waals surface area contributed by atoms with Gasteiger partial charge in [0.15, 0.2) is 0 Å². The Balaban J connectivity index is 3.92. The molecule has 0 rings (SSSR count). The Morgan fingerprint density at radius 3 is 2.08 bits per heavy atom. The second-order valence-electron chi connectivity index (χ2n) is 2.64. The molecule has 0 atom stereocenters. The summed E-state index contributed by atoms with van der Waals surface area (Å²) in [5.41, 5.74) is 2.06. The molecule has 0 bridgehead atoms. The molecule has 0 amide bonds. The van der Waals surface area contributed by atoms with Gasteiger partial charge in [0, 0.05) is 0 Å². The zero-order chi connectivity index (χ0) is 9.40. The van der Waals surface area contributed by atoms with E-state index in [4.69, 9.17) is 0 Å². The molecule has 0 radical (unpaired) electrons. The van der Waals surface area contributed by atoms with Crippen molar-refractivity contribution in [3.05, 3.63) is 60.8 Å². The summed E-state index contributed by atoms with van der Waals surface area (Å²) >= 11 is 0. The van der Waals surface area contributed by atoms with Crippen molar-refractivity contribution in [2.24, 2.45) is 0 Å². The van der Waals surface area contributed by atoms with Crippen molar-refractivity contribution in [3.8, 4) is 0 Å². The van der Waals surface area contributed by atoms with Crippen molar-refractivity contribution < 1.29 is 0 Å². The first-order valence-electron chi connectivity index (χ1n) is 3.98. The third kappa shape index (κ3) is 6.81. The minimum Gasteiger partial charge on any atom is -0.0961 e. The van der Waals surface area contributed by atoms with Crippen LogP contribution in [0, 0.1) is 0 Å². The molecule has 0 aliphatic carbocycles. The van der Waals surface area contributed by atoms with E-state index in [2.05, 4.69) is 13.2 Å². The number of allylic oxidation sites excluding steroid dienone is 8. The van der Waals surface area contributed by atoms with Gasteiger partial charge in [0.2, 0.25) is 0 Å². The lowest BCUT2D eigenvalue weighted by Crippen LogP contribution is -1.64. The summed E-state index contributed by atoms with van der Waals surface area (Å²) in [6.45, 7) is 11.5. The van der Waals surface area contributed by atoms with Gasteiger partial charge in [-0.05, 0) is 19.4 Å². The van der Waals surface area contributed by atoms with Crippen molar-refractivity contribution in [1.82, 2.24) is 0 Å². The van der Waals surface area contributed by atoms with Gasteiger partial charge in [0.05, 0.1) is 0 Å². The second-order valence-corrected chi connectivity index (χ2v) is 2.64. The van der Waals surface area contributed by atoms with Crippen molar-refractivity contribution in [3.63, 3.8) is 0 Å². The second kappa shape index (κ2) is 6.41. The van der Waals surface area contributed by atoms with Crippen LogP contribution in [0.1, 0.15) is 13.8 Å². The smallest absolute Gasteiger partial charge is 0.0332 e. The van der Waals surface area contributed by atoms with Crippen LogP contribution in [0.15, 0.2) is 60.8 Å². The van der Waals surface area contributed by atoms with E-state index in [1.165, 1.54) is 0 Å². The topological polar surface area (TPSA) is 0 Å². The average Bonchev–Trinajstić information content (AvgIpc) is 1.98. The molecule has 0 heterocycles. The van der Waals surface area contributed by atoms with Gasteiger partial charge in [0.25, 0.3) is 0 Å². The van der Waals surface area contributed by atoms with Gasteiger partial charge in [-0.2, -0.15) is 0 Å². The molecule has 0 heteroatoms. The lowest BCUT2D eigenvalue weighted by atomic mass is 10.2. The Kier molecular flexibility index (Phi) is 5.72. The highest BCUT2D eigenvalue weighted by Gasteiger charge is 1.75. The Morgan fingerprint density at radius 1 is 1.00 bits per heavy atom. The van der Waals surface area contributed by atoms with Gasteiger partial charge < -0.3 is 0 Å². The van der Waals surface area contributed by atoms with E-state index in [0.717, 1.165) is 11.1 Å². The van der Waals surface area contributed by atoms with Crippen LogP contribution in [0.4, 0.5) is 0 Å². The molecule has 0 aromatic rings. The SMILES string of the molecule is C=C(C)/C=C\C=C/C(=C)/C=C\C. The summed E-state index contributed by atoms with van der Waals surface area (Å²) in [5, 5.41) is 0. The third-order valence-electron chi connectivity index (χ3n) is 1.18.